The number of aliphatic hydroxyl groups excluding tert-OH is 2. The van der Waals surface area contributed by atoms with Gasteiger partial charge in [-0.05, 0) is 168 Å². The van der Waals surface area contributed by atoms with Gasteiger partial charge in [-0.25, -0.2) is 14.8 Å². The van der Waals surface area contributed by atoms with Crippen molar-refractivity contribution >= 4 is 35.1 Å². The molecule has 3 saturated heterocycles. The Morgan fingerprint density at radius 3 is 1.59 bits per heavy atom. The van der Waals surface area contributed by atoms with Crippen molar-refractivity contribution in [1.82, 2.24) is 20.2 Å². The van der Waals surface area contributed by atoms with E-state index in [9.17, 15) is 19.8 Å². The van der Waals surface area contributed by atoms with Crippen LogP contribution < -0.4 is 5.32 Å². The first kappa shape index (κ1) is 49.0. The minimum atomic E-state index is -1.11. The molecule has 354 valence electrons. The van der Waals surface area contributed by atoms with Gasteiger partial charge >= 0.3 is 5.97 Å². The molecular weight excluding hydrogens is 896 g/mol. The topological polar surface area (TPSA) is 145 Å². The van der Waals surface area contributed by atoms with E-state index in [0.717, 1.165) is 60.9 Å². The Morgan fingerprint density at radius 1 is 0.618 bits per heavy atom. The van der Waals surface area contributed by atoms with Gasteiger partial charge in [0.15, 0.2) is 5.69 Å². The van der Waals surface area contributed by atoms with E-state index < -0.39 is 5.97 Å². The predicted octanol–water partition coefficient (Wildman–Crippen LogP) is 11.4. The Bertz CT molecular complexity index is 2650. The SMILES string of the molecule is C1CCOC1.O=C(O)c1ncccc1Cl.O=C(c1ncccc1Cl)N1CCC(c2ccc(-c3ccccc3C3CC3)cc2CO)C1.OCc1cc(-c2ccccc2C2CC2)ccc1C1CCNC1. The zero-order valence-electron chi connectivity index (χ0n) is 38.3. The highest BCUT2D eigenvalue weighted by Gasteiger charge is 2.32. The molecule has 2 aromatic heterocycles. The van der Waals surface area contributed by atoms with Gasteiger partial charge in [0.05, 0.1) is 23.3 Å². The number of benzene rings is 4. The first-order chi connectivity index (χ1) is 33.2. The van der Waals surface area contributed by atoms with Crippen LogP contribution in [0.4, 0.5) is 0 Å². The molecule has 2 saturated carbocycles. The number of likely N-dealkylation sites (tertiary alicyclic amines) is 1. The summed E-state index contributed by atoms with van der Waals surface area (Å²) in [4.78, 5) is 32.7. The molecule has 2 aliphatic carbocycles. The van der Waals surface area contributed by atoms with Crippen LogP contribution >= 0.6 is 23.2 Å². The maximum Gasteiger partial charge on any atom is 0.356 e. The summed E-state index contributed by atoms with van der Waals surface area (Å²) in [5.41, 5.74) is 12.6. The fraction of sp³-hybridized carbons (Fsp3) is 0.357. The van der Waals surface area contributed by atoms with Crippen molar-refractivity contribution in [2.75, 3.05) is 39.4 Å². The number of carbonyl (C=O) groups excluding carboxylic acids is 1. The lowest BCUT2D eigenvalue weighted by Gasteiger charge is -2.19. The molecule has 0 spiro atoms. The minimum absolute atomic E-state index is 0.00865. The Kier molecular flexibility index (Phi) is 17.1. The number of hydrogen-bond donors (Lipinski definition) is 4. The van der Waals surface area contributed by atoms with E-state index in [4.69, 9.17) is 33.0 Å². The largest absolute Gasteiger partial charge is 0.476 e. The van der Waals surface area contributed by atoms with Gasteiger partial charge in [-0.1, -0.05) is 96.0 Å². The zero-order chi connectivity index (χ0) is 47.4. The smallest absolute Gasteiger partial charge is 0.356 e. The van der Waals surface area contributed by atoms with Gasteiger partial charge in [0.2, 0.25) is 0 Å². The minimum Gasteiger partial charge on any atom is -0.476 e. The number of nitrogens with one attached hydrogen (secondary N) is 1. The number of carboxylic acids is 1. The number of aromatic carboxylic acids is 1. The molecule has 2 atom stereocenters. The molecule has 3 aliphatic heterocycles. The molecule has 4 aromatic carbocycles. The van der Waals surface area contributed by atoms with Gasteiger partial charge in [-0.2, -0.15) is 0 Å². The molecular formula is C56H60Cl2N4O6. The van der Waals surface area contributed by atoms with Crippen LogP contribution in [0.15, 0.2) is 122 Å². The monoisotopic (exact) mass is 954 g/mol. The molecule has 5 heterocycles. The molecule has 4 N–H and O–H groups in total. The molecule has 1 amide bonds. The van der Waals surface area contributed by atoms with Crippen LogP contribution in [0.1, 0.15) is 129 Å². The van der Waals surface area contributed by atoms with E-state index in [1.165, 1.54) is 90.6 Å². The molecule has 12 heteroatoms. The van der Waals surface area contributed by atoms with Gasteiger partial charge in [0.1, 0.15) is 5.69 Å². The number of pyridine rings is 2. The summed E-state index contributed by atoms with van der Waals surface area (Å²) in [5.74, 6) is 0.921. The molecule has 11 rings (SSSR count). The van der Waals surface area contributed by atoms with Crippen molar-refractivity contribution in [3.8, 4) is 22.3 Å². The van der Waals surface area contributed by atoms with Crippen LogP contribution in [0, 0.1) is 0 Å². The number of carbonyl (C=O) groups is 2. The Labute approximate surface area is 409 Å². The predicted molar refractivity (Wildman–Crippen MR) is 269 cm³/mol. The first-order valence-corrected chi connectivity index (χ1v) is 24.7. The van der Waals surface area contributed by atoms with Crippen molar-refractivity contribution in [3.05, 3.63) is 176 Å². The zero-order valence-corrected chi connectivity index (χ0v) is 39.8. The number of amides is 1. The van der Waals surface area contributed by atoms with Gasteiger partial charge < -0.3 is 30.3 Å². The van der Waals surface area contributed by atoms with Crippen LogP contribution in [0.2, 0.25) is 10.0 Å². The van der Waals surface area contributed by atoms with Crippen molar-refractivity contribution in [1.29, 1.82) is 0 Å². The summed E-state index contributed by atoms with van der Waals surface area (Å²) < 4.78 is 4.94. The average molecular weight is 956 g/mol. The quantitative estimate of drug-likeness (QED) is 0.105. The third-order valence-corrected chi connectivity index (χ3v) is 14.0. The number of rotatable bonds is 10. The molecule has 68 heavy (non-hydrogen) atoms. The number of carboxylic acid groups (broad SMARTS) is 1. The highest BCUT2D eigenvalue weighted by molar-refractivity contribution is 6.33. The fourth-order valence-electron chi connectivity index (χ4n) is 9.50. The molecule has 10 nitrogen and oxygen atoms in total. The molecule has 0 bridgehead atoms. The van der Waals surface area contributed by atoms with Crippen molar-refractivity contribution < 1.29 is 29.6 Å². The maximum absolute atomic E-state index is 12.9. The normalized spacial score (nSPS) is 18.4. The van der Waals surface area contributed by atoms with E-state index in [2.05, 4.69) is 100 Å². The second-order valence-corrected chi connectivity index (χ2v) is 18.9. The summed E-state index contributed by atoms with van der Waals surface area (Å²) in [6.07, 6.45) is 12.7. The third-order valence-electron chi connectivity index (χ3n) is 13.4. The Hall–Kier alpha value is -5.46. The lowest BCUT2D eigenvalue weighted by atomic mass is 9.89. The lowest BCUT2D eigenvalue weighted by Crippen LogP contribution is -2.29. The molecule has 5 aliphatic rings. The maximum atomic E-state index is 12.9. The summed E-state index contributed by atoms with van der Waals surface area (Å²) in [5, 5.41) is 32.3. The summed E-state index contributed by atoms with van der Waals surface area (Å²) >= 11 is 11.6. The van der Waals surface area contributed by atoms with Crippen LogP contribution in [-0.2, 0) is 18.0 Å². The van der Waals surface area contributed by atoms with E-state index in [0.29, 0.717) is 35.6 Å². The fourth-order valence-corrected chi connectivity index (χ4v) is 9.91. The van der Waals surface area contributed by atoms with Crippen LogP contribution in [0.3, 0.4) is 0 Å². The molecule has 0 radical (unpaired) electrons. The van der Waals surface area contributed by atoms with Gasteiger partial charge in [0, 0.05) is 51.2 Å². The van der Waals surface area contributed by atoms with E-state index >= 15 is 0 Å². The highest BCUT2D eigenvalue weighted by Crippen LogP contribution is 2.46. The number of halogens is 2. The Balaban J connectivity index is 0.000000145. The van der Waals surface area contributed by atoms with Crippen molar-refractivity contribution in [2.24, 2.45) is 0 Å². The van der Waals surface area contributed by atoms with E-state index in [1.807, 2.05) is 4.90 Å². The van der Waals surface area contributed by atoms with Gasteiger partial charge in [-0.3, -0.25) is 4.79 Å². The molecule has 5 fully saturated rings. The number of hydrogen-bond acceptors (Lipinski definition) is 8. The first-order valence-electron chi connectivity index (χ1n) is 23.9. The van der Waals surface area contributed by atoms with Gasteiger partial charge in [-0.15, -0.1) is 0 Å². The number of aliphatic hydroxyl groups is 2. The summed E-state index contributed by atoms with van der Waals surface area (Å²) in [6, 6.07) is 36.9. The molecule has 2 unspecified atom stereocenters. The third kappa shape index (κ3) is 12.4. The van der Waals surface area contributed by atoms with Crippen LogP contribution in [0.5, 0.6) is 0 Å². The number of ether oxygens (including phenoxy) is 1. The number of nitrogens with zero attached hydrogens (tertiary/aromatic N) is 3. The average Bonchev–Trinajstić information content (AvgIpc) is 4.18. The van der Waals surface area contributed by atoms with Gasteiger partial charge in [0.25, 0.3) is 5.91 Å². The van der Waals surface area contributed by atoms with Crippen molar-refractivity contribution in [2.45, 2.75) is 88.3 Å². The van der Waals surface area contributed by atoms with Crippen LogP contribution in [-0.4, -0.2) is 81.5 Å². The molecule has 6 aromatic rings. The summed E-state index contributed by atoms with van der Waals surface area (Å²) in [7, 11) is 0. The highest BCUT2D eigenvalue weighted by atomic mass is 35.5. The van der Waals surface area contributed by atoms with Crippen LogP contribution in [0.25, 0.3) is 22.3 Å². The van der Waals surface area contributed by atoms with E-state index in [1.54, 1.807) is 24.4 Å². The standard InChI is InChI=1S/C26H25ClN2O2.C20H23NO.C6H4ClNO2.C4H8O/c27-24-6-3-12-28-25(24)26(31)29-13-11-19(15-29)21-10-9-18(14-20(21)16-30)23-5-2-1-4-22(23)17-7-8-17;22-13-17-11-15(7-8-18(17)16-9-10-21-12-16)20-4-2-1-3-19(20)14-5-6-14;7-4-2-1-3-8-5(4)6(9)10;1-2-4-5-3-1/h1-6,9-10,12,14,17,19,30H,7-8,11,13,15-16H2;1-4,7-8,11,14,16,21-22H,5-6,9-10,12-13H2;1-3H,(H,9,10);1-4H2. The lowest BCUT2D eigenvalue weighted by molar-refractivity contribution is 0.0690. The van der Waals surface area contributed by atoms with E-state index in [-0.39, 0.29) is 35.8 Å². The Morgan fingerprint density at radius 2 is 1.15 bits per heavy atom. The summed E-state index contributed by atoms with van der Waals surface area (Å²) in [6.45, 7) is 5.51. The van der Waals surface area contributed by atoms with Crippen molar-refractivity contribution in [3.63, 3.8) is 0 Å². The number of aromatic nitrogens is 2. The second kappa shape index (κ2) is 23.7. The second-order valence-electron chi connectivity index (χ2n) is 18.1.